The molecule has 0 unspecified atom stereocenters. The van der Waals surface area contributed by atoms with E-state index in [4.69, 9.17) is 4.98 Å². The van der Waals surface area contributed by atoms with E-state index in [9.17, 15) is 0 Å². The topological polar surface area (TPSA) is 22.8 Å². The maximum absolute atomic E-state index is 5.25. The van der Waals surface area contributed by atoms with Crippen LogP contribution < -0.4 is 0 Å². The fraction of sp³-hybridized carbons (Fsp3) is 0. The lowest BCUT2D eigenvalue weighted by Gasteiger charge is -2.15. The molecule has 6 aromatic carbocycles. The largest absolute Gasteiger partial charge is 0.307 e. The Morgan fingerprint density at radius 2 is 1.00 bits per heavy atom. The zero-order valence-electron chi connectivity index (χ0n) is 23.0. The Bertz CT molecular complexity index is 2730. The van der Waals surface area contributed by atoms with Gasteiger partial charge in [-0.05, 0) is 36.4 Å². The summed E-state index contributed by atoms with van der Waals surface area (Å²) in [5.41, 5.74) is 9.27. The summed E-state index contributed by atoms with van der Waals surface area (Å²) >= 11 is 1.84. The van der Waals surface area contributed by atoms with Crippen molar-refractivity contribution in [3.8, 4) is 11.4 Å². The first-order valence-corrected chi connectivity index (χ1v) is 15.4. The van der Waals surface area contributed by atoms with Crippen LogP contribution in [0.2, 0.25) is 0 Å². The lowest BCUT2D eigenvalue weighted by molar-refractivity contribution is 1.16. The first kappa shape index (κ1) is 23.1. The second-order valence-corrected chi connectivity index (χ2v) is 12.2. The molecule has 0 aliphatic rings. The van der Waals surface area contributed by atoms with E-state index < -0.39 is 0 Å². The molecule has 200 valence electrons. The van der Waals surface area contributed by atoms with E-state index in [0.717, 1.165) is 22.1 Å². The normalized spacial score (nSPS) is 12.2. The van der Waals surface area contributed by atoms with Gasteiger partial charge in [0.25, 0.3) is 0 Å². The average molecular weight is 566 g/mol. The zero-order chi connectivity index (χ0) is 28.1. The van der Waals surface area contributed by atoms with Crippen molar-refractivity contribution in [3.05, 3.63) is 140 Å². The number of fused-ring (bicyclic) bond motifs is 11. The molecule has 0 radical (unpaired) electrons. The summed E-state index contributed by atoms with van der Waals surface area (Å²) in [5, 5.41) is 7.37. The van der Waals surface area contributed by atoms with E-state index in [1.807, 2.05) is 11.3 Å². The number of para-hydroxylation sites is 4. The Hall–Kier alpha value is -5.45. The number of benzene rings is 6. The second-order valence-electron chi connectivity index (χ2n) is 11.2. The number of nitrogens with zero attached hydrogens (tertiary/aromatic N) is 3. The van der Waals surface area contributed by atoms with Gasteiger partial charge in [-0.25, -0.2) is 4.98 Å². The molecule has 4 heteroatoms. The van der Waals surface area contributed by atoms with Crippen molar-refractivity contribution in [3.63, 3.8) is 0 Å². The zero-order valence-corrected chi connectivity index (χ0v) is 23.8. The third kappa shape index (κ3) is 3.05. The van der Waals surface area contributed by atoms with Gasteiger partial charge in [0.15, 0.2) is 0 Å². The van der Waals surface area contributed by atoms with Crippen LogP contribution in [0, 0.1) is 0 Å². The molecule has 0 aliphatic carbocycles. The van der Waals surface area contributed by atoms with E-state index in [2.05, 4.69) is 149 Å². The molecule has 3 nitrogen and oxygen atoms in total. The highest BCUT2D eigenvalue weighted by Gasteiger charge is 2.24. The molecule has 0 atom stereocenters. The minimum absolute atomic E-state index is 1.01. The van der Waals surface area contributed by atoms with E-state index in [1.165, 1.54) is 64.1 Å². The molecule has 0 aliphatic heterocycles. The van der Waals surface area contributed by atoms with Gasteiger partial charge >= 0.3 is 0 Å². The van der Waals surface area contributed by atoms with E-state index in [-0.39, 0.29) is 0 Å². The van der Waals surface area contributed by atoms with Gasteiger partial charge in [-0.3, -0.25) is 0 Å². The van der Waals surface area contributed by atoms with Gasteiger partial charge in [0, 0.05) is 42.7 Å². The molecule has 0 saturated heterocycles. The SMILES string of the molecule is c1ccc(-n2c3ccccc3c3ccc4c5ccccc5n(-c5c6ccccc6nc6c5sc5ccccc56)c4c32)cc1. The molecular weight excluding hydrogens is 543 g/mol. The summed E-state index contributed by atoms with van der Waals surface area (Å²) < 4.78 is 7.45. The van der Waals surface area contributed by atoms with Gasteiger partial charge in [-0.1, -0.05) is 103 Å². The van der Waals surface area contributed by atoms with Crippen LogP contribution in [0.3, 0.4) is 0 Å². The van der Waals surface area contributed by atoms with Crippen LogP contribution in [-0.4, -0.2) is 14.1 Å². The van der Waals surface area contributed by atoms with Crippen molar-refractivity contribution >= 4 is 86.2 Å². The van der Waals surface area contributed by atoms with Crippen LogP contribution in [0.5, 0.6) is 0 Å². The third-order valence-electron chi connectivity index (χ3n) is 8.88. The Labute approximate surface area is 250 Å². The summed E-state index contributed by atoms with van der Waals surface area (Å²) in [5.74, 6) is 0. The Kier molecular flexibility index (Phi) is 4.60. The molecule has 10 aromatic rings. The van der Waals surface area contributed by atoms with Gasteiger partial charge < -0.3 is 9.13 Å². The van der Waals surface area contributed by atoms with Gasteiger partial charge in [0.2, 0.25) is 0 Å². The van der Waals surface area contributed by atoms with E-state index in [1.54, 1.807) is 0 Å². The highest BCUT2D eigenvalue weighted by atomic mass is 32.1. The Balaban J connectivity index is 1.53. The lowest BCUT2D eigenvalue weighted by atomic mass is 10.1. The minimum atomic E-state index is 1.01. The number of hydrogen-bond donors (Lipinski definition) is 0. The molecule has 0 bridgehead atoms. The van der Waals surface area contributed by atoms with Crippen molar-refractivity contribution in [1.82, 2.24) is 14.1 Å². The number of aromatic nitrogens is 3. The average Bonchev–Trinajstić information content (AvgIpc) is 3.72. The van der Waals surface area contributed by atoms with Crippen molar-refractivity contribution in [2.24, 2.45) is 0 Å². The molecule has 0 N–H and O–H groups in total. The number of pyridine rings is 1. The van der Waals surface area contributed by atoms with Crippen LogP contribution in [0.15, 0.2) is 140 Å². The monoisotopic (exact) mass is 565 g/mol. The van der Waals surface area contributed by atoms with Crippen molar-refractivity contribution in [1.29, 1.82) is 0 Å². The quantitative estimate of drug-likeness (QED) is 0.204. The van der Waals surface area contributed by atoms with Gasteiger partial charge in [-0.2, -0.15) is 0 Å². The molecule has 0 spiro atoms. The van der Waals surface area contributed by atoms with E-state index >= 15 is 0 Å². The number of thiophene rings is 1. The van der Waals surface area contributed by atoms with Crippen molar-refractivity contribution < 1.29 is 0 Å². The minimum Gasteiger partial charge on any atom is -0.307 e. The first-order chi connectivity index (χ1) is 21.4. The van der Waals surface area contributed by atoms with Crippen molar-refractivity contribution in [2.45, 2.75) is 0 Å². The smallest absolute Gasteiger partial charge is 0.0917 e. The lowest BCUT2D eigenvalue weighted by Crippen LogP contribution is -2.00. The van der Waals surface area contributed by atoms with Gasteiger partial charge in [0.1, 0.15) is 0 Å². The van der Waals surface area contributed by atoms with Crippen LogP contribution in [0.4, 0.5) is 0 Å². The highest BCUT2D eigenvalue weighted by Crippen LogP contribution is 2.46. The van der Waals surface area contributed by atoms with E-state index in [0.29, 0.717) is 0 Å². The molecule has 0 amide bonds. The molecule has 0 fully saturated rings. The predicted octanol–water partition coefficient (Wildman–Crippen LogP) is 10.8. The Morgan fingerprint density at radius 3 is 1.74 bits per heavy atom. The molecule has 4 aromatic heterocycles. The Morgan fingerprint density at radius 1 is 0.442 bits per heavy atom. The standard InChI is InChI=1S/C39H23N3S/c1-2-12-24(13-3-1)41-32-19-9-5-14-25(32)27-22-23-28-26-15-6-10-20-33(26)42(37(28)36(27)41)38-29-16-4-8-18-31(29)40-35-30-17-7-11-21-34(30)43-39(35)38/h1-23H. The maximum atomic E-state index is 5.25. The van der Waals surface area contributed by atoms with Crippen LogP contribution >= 0.6 is 11.3 Å². The van der Waals surface area contributed by atoms with Crippen molar-refractivity contribution in [2.75, 3.05) is 0 Å². The molecule has 10 rings (SSSR count). The maximum Gasteiger partial charge on any atom is 0.0917 e. The van der Waals surface area contributed by atoms with Crippen LogP contribution in [0.1, 0.15) is 0 Å². The summed E-state index contributed by atoms with van der Waals surface area (Å²) in [6.45, 7) is 0. The fourth-order valence-corrected chi connectivity index (χ4v) is 8.31. The fourth-order valence-electron chi connectivity index (χ4n) is 7.12. The van der Waals surface area contributed by atoms with Crippen LogP contribution in [0.25, 0.3) is 86.2 Å². The second kappa shape index (κ2) is 8.54. The van der Waals surface area contributed by atoms with Gasteiger partial charge in [0.05, 0.1) is 43.5 Å². The molecule has 4 heterocycles. The highest BCUT2D eigenvalue weighted by molar-refractivity contribution is 7.26. The molecule has 0 saturated carbocycles. The third-order valence-corrected chi connectivity index (χ3v) is 10.0. The van der Waals surface area contributed by atoms with Gasteiger partial charge in [-0.15, -0.1) is 11.3 Å². The summed E-state index contributed by atoms with van der Waals surface area (Å²) in [7, 11) is 0. The molecule has 43 heavy (non-hydrogen) atoms. The summed E-state index contributed by atoms with van der Waals surface area (Å²) in [4.78, 5) is 5.25. The molecular formula is C39H23N3S. The predicted molar refractivity (Wildman–Crippen MR) is 183 cm³/mol. The summed E-state index contributed by atoms with van der Waals surface area (Å²) in [6.07, 6.45) is 0. The summed E-state index contributed by atoms with van der Waals surface area (Å²) in [6, 6.07) is 50.3. The number of hydrogen-bond acceptors (Lipinski definition) is 2. The first-order valence-electron chi connectivity index (χ1n) is 14.6. The van der Waals surface area contributed by atoms with Crippen LogP contribution in [-0.2, 0) is 0 Å². The number of rotatable bonds is 2.